The lowest BCUT2D eigenvalue weighted by Crippen LogP contribution is -2.42. The van der Waals surface area contributed by atoms with E-state index in [0.717, 1.165) is 43.0 Å². The van der Waals surface area contributed by atoms with Gasteiger partial charge in [-0.2, -0.15) is 0 Å². The highest BCUT2D eigenvalue weighted by atomic mass is 16.2. The van der Waals surface area contributed by atoms with Gasteiger partial charge in [-0.05, 0) is 37.8 Å². The summed E-state index contributed by atoms with van der Waals surface area (Å²) < 4.78 is 2.04. The molecular weight excluding hydrogens is 276 g/mol. The van der Waals surface area contributed by atoms with Crippen molar-refractivity contribution >= 4 is 6.03 Å². The Balaban J connectivity index is 1.70. The van der Waals surface area contributed by atoms with Gasteiger partial charge in [-0.25, -0.2) is 9.78 Å². The monoisotopic (exact) mass is 298 g/mol. The Bertz CT molecular complexity index is 644. The Morgan fingerprint density at radius 3 is 2.73 bits per heavy atom. The molecule has 2 aromatic rings. The number of imidazole rings is 1. The number of rotatable bonds is 3. The van der Waals surface area contributed by atoms with Gasteiger partial charge in [0.1, 0.15) is 5.82 Å². The van der Waals surface area contributed by atoms with Crippen molar-refractivity contribution in [2.24, 2.45) is 0 Å². The van der Waals surface area contributed by atoms with E-state index in [1.807, 2.05) is 40.8 Å². The van der Waals surface area contributed by atoms with Crippen molar-refractivity contribution in [3.63, 3.8) is 0 Å². The molecular formula is C17H22N4O. The second-order valence-corrected chi connectivity index (χ2v) is 5.68. The van der Waals surface area contributed by atoms with Gasteiger partial charge < -0.3 is 14.8 Å². The number of nitrogens with zero attached hydrogens (tertiary/aromatic N) is 3. The van der Waals surface area contributed by atoms with Crippen LogP contribution in [-0.4, -0.2) is 33.6 Å². The number of aromatic nitrogens is 2. The standard InChI is InChI=1S/C17H22N4O/c1-14-18-9-12-21(14)16-8-4-3-7-15(16)13-19-17(22)20-10-5-2-6-11-20/h3-4,7-9,12H,2,5-6,10-11,13H2,1H3,(H,19,22). The Morgan fingerprint density at radius 2 is 2.00 bits per heavy atom. The van der Waals surface area contributed by atoms with E-state index in [1.54, 1.807) is 6.20 Å². The number of nitrogens with one attached hydrogen (secondary N) is 1. The molecule has 0 saturated carbocycles. The molecule has 2 heterocycles. The number of aryl methyl sites for hydroxylation is 1. The van der Waals surface area contributed by atoms with Crippen molar-refractivity contribution in [3.05, 3.63) is 48.0 Å². The van der Waals surface area contributed by atoms with Crippen LogP contribution in [0.3, 0.4) is 0 Å². The minimum Gasteiger partial charge on any atom is -0.334 e. The number of para-hydroxylation sites is 1. The van der Waals surface area contributed by atoms with E-state index in [4.69, 9.17) is 0 Å². The smallest absolute Gasteiger partial charge is 0.317 e. The van der Waals surface area contributed by atoms with Crippen LogP contribution in [0.2, 0.25) is 0 Å². The molecule has 0 unspecified atom stereocenters. The fourth-order valence-corrected chi connectivity index (χ4v) is 2.91. The molecule has 1 aromatic heterocycles. The van der Waals surface area contributed by atoms with E-state index in [0.29, 0.717) is 6.54 Å². The fraction of sp³-hybridized carbons (Fsp3) is 0.412. The number of hydrogen-bond acceptors (Lipinski definition) is 2. The summed E-state index contributed by atoms with van der Waals surface area (Å²) in [6.45, 7) is 4.24. The Labute approximate surface area is 131 Å². The number of amides is 2. The maximum atomic E-state index is 12.2. The zero-order valence-electron chi connectivity index (χ0n) is 13.0. The molecule has 1 aromatic carbocycles. The molecule has 2 amide bonds. The molecule has 5 heteroatoms. The Morgan fingerprint density at radius 1 is 1.23 bits per heavy atom. The highest BCUT2D eigenvalue weighted by molar-refractivity contribution is 5.74. The number of benzene rings is 1. The molecule has 1 fully saturated rings. The average Bonchev–Trinajstić information content (AvgIpc) is 2.99. The number of carbonyl (C=O) groups excluding carboxylic acids is 1. The molecule has 0 radical (unpaired) electrons. The lowest BCUT2D eigenvalue weighted by atomic mass is 10.1. The summed E-state index contributed by atoms with van der Waals surface area (Å²) in [4.78, 5) is 18.4. The van der Waals surface area contributed by atoms with E-state index in [2.05, 4.69) is 16.4 Å². The third-order valence-electron chi connectivity index (χ3n) is 4.15. The number of likely N-dealkylation sites (tertiary alicyclic amines) is 1. The quantitative estimate of drug-likeness (QED) is 0.947. The predicted molar refractivity (Wildman–Crippen MR) is 86.0 cm³/mol. The van der Waals surface area contributed by atoms with Crippen molar-refractivity contribution in [1.29, 1.82) is 0 Å². The first-order chi connectivity index (χ1) is 10.8. The zero-order valence-corrected chi connectivity index (χ0v) is 13.0. The van der Waals surface area contributed by atoms with Crippen LogP contribution in [0.25, 0.3) is 5.69 Å². The number of urea groups is 1. The van der Waals surface area contributed by atoms with Crippen molar-refractivity contribution in [1.82, 2.24) is 19.8 Å². The van der Waals surface area contributed by atoms with E-state index < -0.39 is 0 Å². The van der Waals surface area contributed by atoms with E-state index >= 15 is 0 Å². The van der Waals surface area contributed by atoms with Gasteiger partial charge in [-0.15, -0.1) is 0 Å². The lowest BCUT2D eigenvalue weighted by Gasteiger charge is -2.27. The summed E-state index contributed by atoms with van der Waals surface area (Å²) in [5.74, 6) is 0.940. The van der Waals surface area contributed by atoms with Gasteiger partial charge in [0, 0.05) is 32.0 Å². The van der Waals surface area contributed by atoms with Crippen LogP contribution < -0.4 is 5.32 Å². The van der Waals surface area contributed by atoms with Gasteiger partial charge in [0.25, 0.3) is 0 Å². The number of carbonyl (C=O) groups is 1. The van der Waals surface area contributed by atoms with E-state index in [9.17, 15) is 4.79 Å². The average molecular weight is 298 g/mol. The molecule has 1 N–H and O–H groups in total. The van der Waals surface area contributed by atoms with Gasteiger partial charge >= 0.3 is 6.03 Å². The largest absolute Gasteiger partial charge is 0.334 e. The van der Waals surface area contributed by atoms with Gasteiger partial charge in [-0.1, -0.05) is 18.2 Å². The highest BCUT2D eigenvalue weighted by Crippen LogP contribution is 2.16. The molecule has 1 aliphatic heterocycles. The van der Waals surface area contributed by atoms with Crippen LogP contribution in [0.4, 0.5) is 4.79 Å². The molecule has 0 atom stereocenters. The molecule has 3 rings (SSSR count). The Hall–Kier alpha value is -2.30. The molecule has 22 heavy (non-hydrogen) atoms. The van der Waals surface area contributed by atoms with Crippen molar-refractivity contribution in [3.8, 4) is 5.69 Å². The Kier molecular flexibility index (Phi) is 4.42. The first-order valence-electron chi connectivity index (χ1n) is 7.87. The second-order valence-electron chi connectivity index (χ2n) is 5.68. The van der Waals surface area contributed by atoms with Gasteiger partial charge in [0.05, 0.1) is 5.69 Å². The SMILES string of the molecule is Cc1nccn1-c1ccccc1CNC(=O)N1CCCCC1. The van der Waals surface area contributed by atoms with Crippen LogP contribution in [0.1, 0.15) is 30.7 Å². The minimum absolute atomic E-state index is 0.0388. The summed E-state index contributed by atoms with van der Waals surface area (Å²) in [6.07, 6.45) is 7.18. The lowest BCUT2D eigenvalue weighted by molar-refractivity contribution is 0.186. The fourth-order valence-electron chi connectivity index (χ4n) is 2.91. The third kappa shape index (κ3) is 3.13. The normalized spacial score (nSPS) is 14.9. The van der Waals surface area contributed by atoms with Gasteiger partial charge in [-0.3, -0.25) is 0 Å². The molecule has 1 aliphatic rings. The molecule has 116 valence electrons. The number of hydrogen-bond donors (Lipinski definition) is 1. The number of piperidine rings is 1. The summed E-state index contributed by atoms with van der Waals surface area (Å²) >= 11 is 0. The van der Waals surface area contributed by atoms with Gasteiger partial charge in [0.2, 0.25) is 0 Å². The summed E-state index contributed by atoms with van der Waals surface area (Å²) in [5, 5.41) is 3.04. The van der Waals surface area contributed by atoms with Crippen LogP contribution in [0.15, 0.2) is 36.7 Å². The third-order valence-corrected chi connectivity index (χ3v) is 4.15. The second kappa shape index (κ2) is 6.64. The van der Waals surface area contributed by atoms with Crippen molar-refractivity contribution < 1.29 is 4.79 Å². The van der Waals surface area contributed by atoms with Crippen LogP contribution >= 0.6 is 0 Å². The molecule has 0 bridgehead atoms. The van der Waals surface area contributed by atoms with Gasteiger partial charge in [0.15, 0.2) is 0 Å². The van der Waals surface area contributed by atoms with Crippen LogP contribution in [-0.2, 0) is 6.54 Å². The van der Waals surface area contributed by atoms with E-state index in [1.165, 1.54) is 6.42 Å². The topological polar surface area (TPSA) is 50.2 Å². The first-order valence-corrected chi connectivity index (χ1v) is 7.87. The van der Waals surface area contributed by atoms with E-state index in [-0.39, 0.29) is 6.03 Å². The summed E-state index contributed by atoms with van der Waals surface area (Å²) in [5.41, 5.74) is 2.16. The van der Waals surface area contributed by atoms with Crippen LogP contribution in [0.5, 0.6) is 0 Å². The zero-order chi connectivity index (χ0) is 15.4. The summed E-state index contributed by atoms with van der Waals surface area (Å²) in [6, 6.07) is 8.14. The molecule has 0 aliphatic carbocycles. The van der Waals surface area contributed by atoms with Crippen molar-refractivity contribution in [2.45, 2.75) is 32.7 Å². The maximum absolute atomic E-state index is 12.2. The first kappa shape index (κ1) is 14.6. The predicted octanol–water partition coefficient (Wildman–Crippen LogP) is 2.88. The minimum atomic E-state index is 0.0388. The highest BCUT2D eigenvalue weighted by Gasteiger charge is 2.16. The van der Waals surface area contributed by atoms with Crippen molar-refractivity contribution in [2.75, 3.05) is 13.1 Å². The van der Waals surface area contributed by atoms with Crippen LogP contribution in [0, 0.1) is 6.92 Å². The summed E-state index contributed by atoms with van der Waals surface area (Å²) in [7, 11) is 0. The maximum Gasteiger partial charge on any atom is 0.317 e. The molecule has 0 spiro atoms. The molecule has 1 saturated heterocycles. The molecule has 5 nitrogen and oxygen atoms in total.